The van der Waals surface area contributed by atoms with Gasteiger partial charge in [0, 0.05) is 29.9 Å². The quantitative estimate of drug-likeness (QED) is 0.479. The van der Waals surface area contributed by atoms with Gasteiger partial charge in [-0.2, -0.15) is 0 Å². The summed E-state index contributed by atoms with van der Waals surface area (Å²) in [5.41, 5.74) is 3.02. The molecule has 1 aliphatic carbocycles. The van der Waals surface area contributed by atoms with Gasteiger partial charge in [-0.25, -0.2) is 0 Å². The lowest BCUT2D eigenvalue weighted by Crippen LogP contribution is -2.44. The van der Waals surface area contributed by atoms with Crippen LogP contribution in [-0.2, 0) is 10.2 Å². The van der Waals surface area contributed by atoms with E-state index in [4.69, 9.17) is 11.6 Å². The van der Waals surface area contributed by atoms with Crippen LogP contribution in [-0.4, -0.2) is 17.4 Å². The molecule has 1 amide bonds. The Bertz CT molecular complexity index is 983. The Morgan fingerprint density at radius 3 is 2.35 bits per heavy atom. The Labute approximate surface area is 189 Å². The Kier molecular flexibility index (Phi) is 6.72. The Morgan fingerprint density at radius 2 is 1.71 bits per heavy atom. The van der Waals surface area contributed by atoms with Crippen LogP contribution in [0.5, 0.6) is 0 Å². The molecule has 3 nitrogen and oxygen atoms in total. The lowest BCUT2D eigenvalue weighted by molar-refractivity contribution is -0.126. The van der Waals surface area contributed by atoms with Crippen molar-refractivity contribution in [2.45, 2.75) is 49.9 Å². The monoisotopic (exact) mass is 432 g/mol. The van der Waals surface area contributed by atoms with Crippen LogP contribution in [0.25, 0.3) is 0 Å². The zero-order valence-electron chi connectivity index (χ0n) is 17.9. The molecule has 0 radical (unpaired) electrons. The van der Waals surface area contributed by atoms with E-state index >= 15 is 0 Å². The minimum Gasteiger partial charge on any atom is -0.355 e. The van der Waals surface area contributed by atoms with Gasteiger partial charge in [0.05, 0.1) is 5.41 Å². The smallest absolute Gasteiger partial charge is 0.230 e. The van der Waals surface area contributed by atoms with Crippen molar-refractivity contribution in [1.29, 1.82) is 0 Å². The molecule has 0 bridgehead atoms. The maximum atomic E-state index is 13.6. The number of hydrogen-bond acceptors (Lipinski definition) is 2. The van der Waals surface area contributed by atoms with Gasteiger partial charge in [-0.1, -0.05) is 79.9 Å². The first kappa shape index (κ1) is 21.6. The number of nitrogens with zero attached hydrogens (tertiary/aromatic N) is 1. The summed E-state index contributed by atoms with van der Waals surface area (Å²) in [5.74, 6) is 0.527. The van der Waals surface area contributed by atoms with E-state index in [-0.39, 0.29) is 17.7 Å². The zero-order valence-corrected chi connectivity index (χ0v) is 18.7. The molecule has 2 unspecified atom stereocenters. The third-order valence-electron chi connectivity index (χ3n) is 6.82. The normalized spacial score (nSPS) is 17.1. The average Bonchev–Trinajstić information content (AvgIpc) is 3.32. The highest BCUT2D eigenvalue weighted by Gasteiger charge is 2.43. The molecule has 1 aliphatic rings. The second kappa shape index (κ2) is 9.65. The molecule has 1 aromatic heterocycles. The molecule has 160 valence electrons. The number of benzene rings is 2. The largest absolute Gasteiger partial charge is 0.355 e. The first-order valence-electron chi connectivity index (χ1n) is 11.1. The summed E-state index contributed by atoms with van der Waals surface area (Å²) in [5, 5.41) is 4.07. The van der Waals surface area contributed by atoms with Crippen LogP contribution in [0.15, 0.2) is 79.1 Å². The molecular formula is C27H29ClN2O. The van der Waals surface area contributed by atoms with Gasteiger partial charge < -0.3 is 5.32 Å². The van der Waals surface area contributed by atoms with Crippen LogP contribution >= 0.6 is 11.6 Å². The second-order valence-corrected chi connectivity index (χ2v) is 9.03. The molecule has 1 fully saturated rings. The zero-order chi connectivity index (χ0) is 21.7. The summed E-state index contributed by atoms with van der Waals surface area (Å²) in [4.78, 5) is 17.8. The predicted octanol–water partition coefficient (Wildman–Crippen LogP) is 6.25. The van der Waals surface area contributed by atoms with E-state index in [9.17, 15) is 4.79 Å². The van der Waals surface area contributed by atoms with E-state index in [0.29, 0.717) is 6.54 Å². The first-order chi connectivity index (χ1) is 15.1. The summed E-state index contributed by atoms with van der Waals surface area (Å²) in [6, 6.07) is 22.5. The number of halogens is 1. The Morgan fingerprint density at radius 1 is 1.00 bits per heavy atom. The van der Waals surface area contributed by atoms with Gasteiger partial charge in [0.15, 0.2) is 0 Å². The van der Waals surface area contributed by atoms with E-state index in [1.54, 1.807) is 6.20 Å². The summed E-state index contributed by atoms with van der Waals surface area (Å²) in [6.45, 7) is 2.81. The first-order valence-corrected chi connectivity index (χ1v) is 11.5. The van der Waals surface area contributed by atoms with Crippen molar-refractivity contribution in [3.8, 4) is 0 Å². The lowest BCUT2D eigenvalue weighted by Gasteiger charge is -2.31. The summed E-state index contributed by atoms with van der Waals surface area (Å²) in [6.07, 6.45) is 7.54. The average molecular weight is 433 g/mol. The number of carbonyl (C=O) groups is 1. The lowest BCUT2D eigenvalue weighted by atomic mass is 9.78. The van der Waals surface area contributed by atoms with Gasteiger partial charge >= 0.3 is 0 Å². The molecule has 1 saturated carbocycles. The van der Waals surface area contributed by atoms with Crippen molar-refractivity contribution in [2.24, 2.45) is 0 Å². The summed E-state index contributed by atoms with van der Waals surface area (Å²) in [7, 11) is 0. The van der Waals surface area contributed by atoms with Gasteiger partial charge in [-0.05, 0) is 53.6 Å². The van der Waals surface area contributed by atoms with Crippen molar-refractivity contribution < 1.29 is 4.79 Å². The molecule has 4 rings (SSSR count). The van der Waals surface area contributed by atoms with Gasteiger partial charge in [0.2, 0.25) is 5.91 Å². The van der Waals surface area contributed by atoms with Crippen LogP contribution < -0.4 is 5.32 Å². The number of hydrogen-bond donors (Lipinski definition) is 1. The maximum absolute atomic E-state index is 13.6. The fourth-order valence-corrected chi connectivity index (χ4v) is 5.05. The van der Waals surface area contributed by atoms with Crippen LogP contribution in [0, 0.1) is 0 Å². The second-order valence-electron chi connectivity index (χ2n) is 8.60. The Hall–Kier alpha value is -2.65. The molecule has 1 N–H and O–H groups in total. The van der Waals surface area contributed by atoms with E-state index < -0.39 is 5.41 Å². The molecule has 31 heavy (non-hydrogen) atoms. The molecular weight excluding hydrogens is 404 g/mol. The standard InChI is InChI=1S/C27H29ClN2O/c1-20(21-11-13-24(28)14-12-21)25(22-8-3-2-4-9-22)19-30-26(31)27(15-5-6-16-27)23-10-7-17-29-18-23/h2-4,7-14,17-18,20,25H,5-6,15-16,19H2,1H3,(H,30,31). The Balaban J connectivity index is 1.57. The number of aromatic nitrogens is 1. The van der Waals surface area contributed by atoms with Gasteiger partial charge in [0.25, 0.3) is 0 Å². The maximum Gasteiger partial charge on any atom is 0.230 e. The van der Waals surface area contributed by atoms with Gasteiger partial charge in [-0.3, -0.25) is 9.78 Å². The number of carbonyl (C=O) groups excluding carboxylic acids is 1. The molecule has 2 aromatic carbocycles. The van der Waals surface area contributed by atoms with Crippen LogP contribution in [0.3, 0.4) is 0 Å². The van der Waals surface area contributed by atoms with Crippen molar-refractivity contribution in [1.82, 2.24) is 10.3 Å². The van der Waals surface area contributed by atoms with Crippen molar-refractivity contribution in [3.63, 3.8) is 0 Å². The third-order valence-corrected chi connectivity index (χ3v) is 7.07. The van der Waals surface area contributed by atoms with Crippen molar-refractivity contribution in [2.75, 3.05) is 6.54 Å². The van der Waals surface area contributed by atoms with Crippen LogP contribution in [0.1, 0.15) is 61.1 Å². The molecule has 3 aromatic rings. The summed E-state index contributed by atoms with van der Waals surface area (Å²) >= 11 is 6.10. The van der Waals surface area contributed by atoms with Crippen molar-refractivity contribution in [3.05, 3.63) is 101 Å². The minimum atomic E-state index is -0.459. The summed E-state index contributed by atoms with van der Waals surface area (Å²) < 4.78 is 0. The van der Waals surface area contributed by atoms with Gasteiger partial charge in [0.1, 0.15) is 0 Å². The molecule has 4 heteroatoms. The minimum absolute atomic E-state index is 0.127. The third kappa shape index (κ3) is 4.67. The number of rotatable bonds is 7. The van der Waals surface area contributed by atoms with Crippen LogP contribution in [0.2, 0.25) is 5.02 Å². The SMILES string of the molecule is CC(c1ccc(Cl)cc1)C(CNC(=O)C1(c2cccnc2)CCCC1)c1ccccc1. The molecule has 1 heterocycles. The van der Waals surface area contributed by atoms with E-state index in [0.717, 1.165) is 36.3 Å². The van der Waals surface area contributed by atoms with E-state index in [1.807, 2.05) is 36.5 Å². The fraction of sp³-hybridized carbons (Fsp3) is 0.333. The number of pyridine rings is 1. The van der Waals surface area contributed by atoms with Crippen LogP contribution in [0.4, 0.5) is 0 Å². The topological polar surface area (TPSA) is 42.0 Å². The highest BCUT2D eigenvalue weighted by atomic mass is 35.5. The molecule has 0 spiro atoms. The molecule has 2 atom stereocenters. The fourth-order valence-electron chi connectivity index (χ4n) is 4.93. The van der Waals surface area contributed by atoms with E-state index in [1.165, 1.54) is 11.1 Å². The number of amides is 1. The van der Waals surface area contributed by atoms with Crippen molar-refractivity contribution >= 4 is 17.5 Å². The molecule has 0 aliphatic heterocycles. The van der Waals surface area contributed by atoms with E-state index in [2.05, 4.69) is 53.6 Å². The molecule has 0 saturated heterocycles. The highest BCUT2D eigenvalue weighted by Crippen LogP contribution is 2.41. The predicted molar refractivity (Wildman–Crippen MR) is 126 cm³/mol. The van der Waals surface area contributed by atoms with Gasteiger partial charge in [-0.15, -0.1) is 0 Å². The number of nitrogens with one attached hydrogen (secondary N) is 1. The highest BCUT2D eigenvalue weighted by molar-refractivity contribution is 6.30.